The Labute approximate surface area is 114 Å². The number of para-hydroxylation sites is 1. The molecule has 0 aliphatic carbocycles. The Balaban J connectivity index is 2.10. The fourth-order valence-corrected chi connectivity index (χ4v) is 2.63. The monoisotopic (exact) mass is 256 g/mol. The van der Waals surface area contributed by atoms with Gasteiger partial charge in [-0.2, -0.15) is 0 Å². The lowest BCUT2D eigenvalue weighted by Crippen LogP contribution is -2.21. The number of fused-ring (bicyclic) bond motifs is 1. The van der Waals surface area contributed by atoms with E-state index in [4.69, 9.17) is 4.98 Å². The summed E-state index contributed by atoms with van der Waals surface area (Å²) in [4.78, 5) is 14.0. The molecule has 0 N–H and O–H groups in total. The van der Waals surface area contributed by atoms with Gasteiger partial charge in [0.05, 0.1) is 12.1 Å². The topological polar surface area (TPSA) is 32.3 Å². The molecule has 0 radical (unpaired) electrons. The summed E-state index contributed by atoms with van der Waals surface area (Å²) in [6.07, 6.45) is 2.53. The second-order valence-corrected chi connectivity index (χ2v) is 5.41. The van der Waals surface area contributed by atoms with Crippen molar-refractivity contribution in [3.63, 3.8) is 0 Å². The molecule has 0 bridgehead atoms. The maximum atomic E-state index is 4.80. The van der Waals surface area contributed by atoms with Crippen molar-refractivity contribution in [1.29, 1.82) is 0 Å². The molecule has 3 rings (SSSR count). The molecule has 0 amide bonds. The molecule has 100 valence electrons. The van der Waals surface area contributed by atoms with Crippen LogP contribution in [0.25, 0.3) is 10.9 Å². The smallest absolute Gasteiger partial charge is 0.145 e. The molecule has 4 nitrogen and oxygen atoms in total. The van der Waals surface area contributed by atoms with Gasteiger partial charge < -0.3 is 9.80 Å². The van der Waals surface area contributed by atoms with E-state index in [1.54, 1.807) is 0 Å². The lowest BCUT2D eigenvalue weighted by molar-refractivity contribution is 0.391. The lowest BCUT2D eigenvalue weighted by Gasteiger charge is -2.20. The molecule has 1 aromatic heterocycles. The molecule has 1 fully saturated rings. The molecule has 0 atom stereocenters. The largest absolute Gasteiger partial charge is 0.356 e. The van der Waals surface area contributed by atoms with Crippen LogP contribution in [0.5, 0.6) is 0 Å². The van der Waals surface area contributed by atoms with Gasteiger partial charge in [-0.25, -0.2) is 9.97 Å². The first-order valence-corrected chi connectivity index (χ1v) is 6.89. The first-order valence-electron chi connectivity index (χ1n) is 6.89. The van der Waals surface area contributed by atoms with E-state index >= 15 is 0 Å². The zero-order chi connectivity index (χ0) is 13.2. The third-order valence-corrected chi connectivity index (χ3v) is 3.49. The Morgan fingerprint density at radius 2 is 1.84 bits per heavy atom. The van der Waals surface area contributed by atoms with Crippen molar-refractivity contribution in [2.45, 2.75) is 19.4 Å². The number of aromatic nitrogens is 2. The zero-order valence-electron chi connectivity index (χ0n) is 11.6. The SMILES string of the molecule is CN(C)Cc1nc(N2CCCC2)c2ccccc2n1. The Hall–Kier alpha value is -1.68. The summed E-state index contributed by atoms with van der Waals surface area (Å²) in [6, 6.07) is 8.32. The molecular weight excluding hydrogens is 236 g/mol. The summed E-state index contributed by atoms with van der Waals surface area (Å²) in [5.41, 5.74) is 1.05. The van der Waals surface area contributed by atoms with Crippen molar-refractivity contribution in [3.8, 4) is 0 Å². The van der Waals surface area contributed by atoms with E-state index in [0.29, 0.717) is 0 Å². The third kappa shape index (κ3) is 2.54. The molecule has 0 spiro atoms. The zero-order valence-corrected chi connectivity index (χ0v) is 11.6. The van der Waals surface area contributed by atoms with Crippen LogP contribution in [0, 0.1) is 0 Å². The number of anilines is 1. The normalized spacial score (nSPS) is 15.6. The molecular formula is C15H20N4. The van der Waals surface area contributed by atoms with Crippen molar-refractivity contribution in [2.24, 2.45) is 0 Å². The molecule has 4 heteroatoms. The summed E-state index contributed by atoms with van der Waals surface area (Å²) in [7, 11) is 4.10. The molecule has 0 unspecified atom stereocenters. The van der Waals surface area contributed by atoms with Crippen LogP contribution in [0.2, 0.25) is 0 Å². The average Bonchev–Trinajstić information content (AvgIpc) is 2.90. The summed E-state index contributed by atoms with van der Waals surface area (Å²) in [5, 5.41) is 1.17. The highest BCUT2D eigenvalue weighted by Gasteiger charge is 2.17. The minimum absolute atomic E-state index is 0.783. The number of hydrogen-bond acceptors (Lipinski definition) is 4. The second kappa shape index (κ2) is 5.13. The van der Waals surface area contributed by atoms with Gasteiger partial charge in [-0.05, 0) is 39.1 Å². The van der Waals surface area contributed by atoms with Crippen LogP contribution in [0.15, 0.2) is 24.3 Å². The Morgan fingerprint density at radius 3 is 2.58 bits per heavy atom. The van der Waals surface area contributed by atoms with Crippen LogP contribution >= 0.6 is 0 Å². The summed E-state index contributed by atoms with van der Waals surface area (Å²) in [5.74, 6) is 2.02. The summed E-state index contributed by atoms with van der Waals surface area (Å²) in [6.45, 7) is 3.01. The summed E-state index contributed by atoms with van der Waals surface area (Å²) < 4.78 is 0. The minimum Gasteiger partial charge on any atom is -0.356 e. The minimum atomic E-state index is 0.783. The highest BCUT2D eigenvalue weighted by atomic mass is 15.2. The predicted octanol–water partition coefficient (Wildman–Crippen LogP) is 2.29. The van der Waals surface area contributed by atoms with Crippen molar-refractivity contribution in [3.05, 3.63) is 30.1 Å². The van der Waals surface area contributed by atoms with Gasteiger partial charge in [0.15, 0.2) is 0 Å². The van der Waals surface area contributed by atoms with Gasteiger partial charge in [0.2, 0.25) is 0 Å². The van der Waals surface area contributed by atoms with Gasteiger partial charge >= 0.3 is 0 Å². The third-order valence-electron chi connectivity index (χ3n) is 3.49. The standard InChI is InChI=1S/C15H20N4/c1-18(2)11-14-16-13-8-4-3-7-12(13)15(17-14)19-9-5-6-10-19/h3-4,7-8H,5-6,9-11H2,1-2H3. The molecule has 19 heavy (non-hydrogen) atoms. The summed E-state index contributed by atoms with van der Waals surface area (Å²) >= 11 is 0. The predicted molar refractivity (Wildman–Crippen MR) is 78.4 cm³/mol. The first-order chi connectivity index (χ1) is 9.24. The quantitative estimate of drug-likeness (QED) is 0.843. The molecule has 1 aliphatic heterocycles. The van der Waals surface area contributed by atoms with Crippen LogP contribution in [-0.2, 0) is 6.54 Å². The average molecular weight is 256 g/mol. The molecule has 1 saturated heterocycles. The number of benzene rings is 1. The Kier molecular flexibility index (Phi) is 3.34. The fraction of sp³-hybridized carbons (Fsp3) is 0.467. The van der Waals surface area contributed by atoms with E-state index in [9.17, 15) is 0 Å². The van der Waals surface area contributed by atoms with Gasteiger partial charge in [-0.3, -0.25) is 0 Å². The molecule has 1 aliphatic rings. The Morgan fingerprint density at radius 1 is 1.11 bits per heavy atom. The van der Waals surface area contributed by atoms with Crippen LogP contribution < -0.4 is 4.90 Å². The maximum Gasteiger partial charge on any atom is 0.145 e. The van der Waals surface area contributed by atoms with E-state index < -0.39 is 0 Å². The second-order valence-electron chi connectivity index (χ2n) is 5.41. The number of rotatable bonds is 3. The molecule has 2 heterocycles. The van der Waals surface area contributed by atoms with E-state index in [1.165, 1.54) is 18.2 Å². The molecule has 0 saturated carbocycles. The molecule has 1 aromatic carbocycles. The first kappa shape index (κ1) is 12.4. The fourth-order valence-electron chi connectivity index (χ4n) is 2.63. The van der Waals surface area contributed by atoms with Crippen LogP contribution in [0.3, 0.4) is 0 Å². The van der Waals surface area contributed by atoms with Crippen molar-refractivity contribution < 1.29 is 0 Å². The van der Waals surface area contributed by atoms with E-state index in [-0.39, 0.29) is 0 Å². The Bertz CT molecular complexity index is 573. The van der Waals surface area contributed by atoms with E-state index in [1.807, 2.05) is 20.2 Å². The lowest BCUT2D eigenvalue weighted by atomic mass is 10.2. The van der Waals surface area contributed by atoms with Crippen LogP contribution in [0.4, 0.5) is 5.82 Å². The van der Waals surface area contributed by atoms with E-state index in [0.717, 1.165) is 36.8 Å². The van der Waals surface area contributed by atoms with Gasteiger partial charge in [0.25, 0.3) is 0 Å². The van der Waals surface area contributed by atoms with Crippen LogP contribution in [-0.4, -0.2) is 42.1 Å². The number of nitrogens with zero attached hydrogens (tertiary/aromatic N) is 4. The van der Waals surface area contributed by atoms with E-state index in [2.05, 4.69) is 33.0 Å². The maximum absolute atomic E-state index is 4.80. The van der Waals surface area contributed by atoms with Gasteiger partial charge in [0, 0.05) is 18.5 Å². The highest BCUT2D eigenvalue weighted by Crippen LogP contribution is 2.26. The molecule has 2 aromatic rings. The van der Waals surface area contributed by atoms with Crippen LogP contribution in [0.1, 0.15) is 18.7 Å². The van der Waals surface area contributed by atoms with Gasteiger partial charge in [-0.1, -0.05) is 12.1 Å². The van der Waals surface area contributed by atoms with Crippen molar-refractivity contribution in [2.75, 3.05) is 32.1 Å². The van der Waals surface area contributed by atoms with Gasteiger partial charge in [-0.15, -0.1) is 0 Å². The highest BCUT2D eigenvalue weighted by molar-refractivity contribution is 5.89. The van der Waals surface area contributed by atoms with Crippen molar-refractivity contribution in [1.82, 2.24) is 14.9 Å². The number of hydrogen-bond donors (Lipinski definition) is 0. The van der Waals surface area contributed by atoms with Gasteiger partial charge in [0.1, 0.15) is 11.6 Å². The van der Waals surface area contributed by atoms with Crippen molar-refractivity contribution >= 4 is 16.7 Å².